The summed E-state index contributed by atoms with van der Waals surface area (Å²) in [5.74, 6) is -11.9. The molecule has 2 rings (SSSR count). The number of benzene rings is 1. The van der Waals surface area contributed by atoms with Gasteiger partial charge in [-0.15, -0.1) is 0 Å². The third-order valence-electron chi connectivity index (χ3n) is 10.2. The number of likely N-dealkylation sites (N-methyl/N-ethyl adjacent to an activating group) is 1. The van der Waals surface area contributed by atoms with Crippen molar-refractivity contribution in [2.24, 2.45) is 23.1 Å². The van der Waals surface area contributed by atoms with E-state index in [9.17, 15) is 67.7 Å². The zero-order valence-electron chi connectivity index (χ0n) is 36.8. The quantitative estimate of drug-likeness (QED) is 0.0651. The molecule has 0 spiro atoms. The molecular weight excluding hydrogens is 873 g/mol. The number of phenols is 1. The lowest BCUT2D eigenvalue weighted by molar-refractivity contribution is -0.140. The number of primary amides is 3. The Morgan fingerprint density at radius 2 is 1.30 bits per heavy atom. The van der Waals surface area contributed by atoms with E-state index in [1.165, 1.54) is 24.3 Å². The van der Waals surface area contributed by atoms with Gasteiger partial charge >= 0.3 is 0 Å². The van der Waals surface area contributed by atoms with Crippen molar-refractivity contribution in [3.63, 3.8) is 0 Å². The van der Waals surface area contributed by atoms with Crippen LogP contribution in [-0.4, -0.2) is 156 Å². The molecule has 1 fully saturated rings. The number of aliphatic hydroxyl groups is 1. The highest BCUT2D eigenvalue weighted by molar-refractivity contribution is 5.98. The van der Waals surface area contributed by atoms with Gasteiger partial charge in [-0.05, 0) is 36.5 Å². The highest BCUT2D eigenvalue weighted by Crippen LogP contribution is 2.14. The van der Waals surface area contributed by atoms with Crippen LogP contribution in [0, 0.1) is 5.92 Å². The van der Waals surface area contributed by atoms with Gasteiger partial charge in [0.2, 0.25) is 70.9 Å². The first-order valence-corrected chi connectivity index (χ1v) is 20.9. The Morgan fingerprint density at radius 3 is 1.85 bits per heavy atom. The standard InChI is InChI=1S/C40H60N12O14/c1-4-20(2)34-39(65)49-24(10-12-29(42)56)36(62)48-23(9-11-28(41)55)37(63)50-26(40(66)52(3)18-33(60)47-27(19-53)35(61)45-17-30(43)57)16-44-31(58)13-14-32(59)46-25(38(64)51-34)15-21-5-7-22(54)8-6-21/h5-8,20,23-27,34,53-54H,4,9-19H2,1-3H3,(H2,41,55)(H2,42,56)(H2,43,57)(H,44,58)(H,45,61)(H,46,59)(H,47,60)(H,48,62)(H,49,65)(H,50,63)(H,51,64)/t20-,23-,24-,25-,26-,27-,34-/m0/s1. The maximum Gasteiger partial charge on any atom is 0.247 e. The summed E-state index contributed by atoms with van der Waals surface area (Å²) in [6.45, 7) is 0.309. The second-order valence-electron chi connectivity index (χ2n) is 15.5. The van der Waals surface area contributed by atoms with Crippen LogP contribution in [0.1, 0.15) is 64.4 Å². The van der Waals surface area contributed by atoms with Crippen molar-refractivity contribution in [3.05, 3.63) is 29.8 Å². The zero-order chi connectivity index (χ0) is 49.7. The van der Waals surface area contributed by atoms with Crippen LogP contribution in [0.5, 0.6) is 5.75 Å². The van der Waals surface area contributed by atoms with E-state index in [4.69, 9.17) is 17.2 Å². The van der Waals surface area contributed by atoms with Crippen LogP contribution in [0.2, 0.25) is 0 Å². The van der Waals surface area contributed by atoms with Crippen molar-refractivity contribution in [1.29, 1.82) is 0 Å². The van der Waals surface area contributed by atoms with E-state index in [1.54, 1.807) is 13.8 Å². The average Bonchev–Trinajstić information content (AvgIpc) is 3.26. The largest absolute Gasteiger partial charge is 0.508 e. The van der Waals surface area contributed by atoms with E-state index in [1.807, 2.05) is 0 Å². The predicted octanol–water partition coefficient (Wildman–Crippen LogP) is -6.62. The minimum absolute atomic E-state index is 0.0745. The topological polar surface area (TPSA) is 423 Å². The van der Waals surface area contributed by atoms with Crippen molar-refractivity contribution in [3.8, 4) is 5.75 Å². The maximum atomic E-state index is 14.0. The third-order valence-corrected chi connectivity index (χ3v) is 10.2. The number of hydrogen-bond acceptors (Lipinski definition) is 14. The highest BCUT2D eigenvalue weighted by Gasteiger charge is 2.36. The molecule has 1 aliphatic heterocycles. The molecule has 0 radical (unpaired) electrons. The lowest BCUT2D eigenvalue weighted by Gasteiger charge is -2.30. The number of nitrogens with zero attached hydrogens (tertiary/aromatic N) is 1. The lowest BCUT2D eigenvalue weighted by Crippen LogP contribution is -2.61. The first kappa shape index (κ1) is 54.8. The van der Waals surface area contributed by atoms with Gasteiger partial charge in [0.1, 0.15) is 42.0 Å². The molecule has 1 saturated heterocycles. The van der Waals surface area contributed by atoms with Crippen molar-refractivity contribution in [2.75, 3.05) is 33.3 Å². The molecule has 7 atom stereocenters. The average molecular weight is 933 g/mol. The van der Waals surface area contributed by atoms with Gasteiger partial charge in [-0.25, -0.2) is 0 Å². The van der Waals surface area contributed by atoms with E-state index in [0.717, 1.165) is 11.9 Å². The van der Waals surface area contributed by atoms with Gasteiger partial charge in [-0.2, -0.15) is 0 Å². The van der Waals surface area contributed by atoms with Crippen LogP contribution < -0.4 is 59.7 Å². The van der Waals surface area contributed by atoms with Crippen molar-refractivity contribution in [1.82, 2.24) is 47.4 Å². The summed E-state index contributed by atoms with van der Waals surface area (Å²) in [6, 6.07) is -3.59. The molecule has 364 valence electrons. The second kappa shape index (κ2) is 27.1. The summed E-state index contributed by atoms with van der Waals surface area (Å²) in [7, 11) is 1.11. The predicted molar refractivity (Wildman–Crippen MR) is 229 cm³/mol. The monoisotopic (exact) mass is 932 g/mol. The van der Waals surface area contributed by atoms with Crippen LogP contribution >= 0.6 is 0 Å². The minimum atomic E-state index is -1.74. The van der Waals surface area contributed by atoms with Crippen LogP contribution in [0.3, 0.4) is 0 Å². The molecule has 1 aromatic carbocycles. The molecule has 26 heteroatoms. The van der Waals surface area contributed by atoms with Crippen molar-refractivity contribution in [2.45, 2.75) is 101 Å². The van der Waals surface area contributed by atoms with E-state index in [0.29, 0.717) is 12.0 Å². The van der Waals surface area contributed by atoms with Gasteiger partial charge in [-0.3, -0.25) is 57.5 Å². The molecule has 0 saturated carbocycles. The minimum Gasteiger partial charge on any atom is -0.508 e. The molecule has 1 aliphatic rings. The van der Waals surface area contributed by atoms with Gasteiger partial charge in [0.15, 0.2) is 0 Å². The number of hydrogen-bond donors (Lipinski definition) is 13. The molecule has 66 heavy (non-hydrogen) atoms. The maximum absolute atomic E-state index is 14.0. The smallest absolute Gasteiger partial charge is 0.247 e. The number of rotatable bonds is 18. The van der Waals surface area contributed by atoms with Crippen molar-refractivity contribution < 1.29 is 67.7 Å². The van der Waals surface area contributed by atoms with Gasteiger partial charge < -0.3 is 74.8 Å². The molecule has 26 nitrogen and oxygen atoms in total. The summed E-state index contributed by atoms with van der Waals surface area (Å²) in [5, 5.41) is 38.5. The number of carbonyl (C=O) groups is 12. The Labute approximate surface area is 379 Å². The van der Waals surface area contributed by atoms with Crippen LogP contribution in [0.25, 0.3) is 0 Å². The summed E-state index contributed by atoms with van der Waals surface area (Å²) in [4.78, 5) is 157. The summed E-state index contributed by atoms with van der Waals surface area (Å²) in [5.41, 5.74) is 16.2. The van der Waals surface area contributed by atoms with Crippen LogP contribution in [0.4, 0.5) is 0 Å². The van der Waals surface area contributed by atoms with E-state index >= 15 is 0 Å². The summed E-state index contributed by atoms with van der Waals surface area (Å²) < 4.78 is 0. The molecule has 0 unspecified atom stereocenters. The van der Waals surface area contributed by atoms with Crippen LogP contribution in [0.15, 0.2) is 24.3 Å². The van der Waals surface area contributed by atoms with Crippen molar-refractivity contribution >= 4 is 70.9 Å². The highest BCUT2D eigenvalue weighted by atomic mass is 16.3. The van der Waals surface area contributed by atoms with Gasteiger partial charge in [0.05, 0.1) is 19.7 Å². The molecule has 1 heterocycles. The number of amides is 12. The fourth-order valence-corrected chi connectivity index (χ4v) is 6.24. The number of carbonyl (C=O) groups excluding carboxylic acids is 12. The van der Waals surface area contributed by atoms with E-state index < -0.39 is 178 Å². The molecule has 0 aliphatic carbocycles. The first-order valence-electron chi connectivity index (χ1n) is 20.9. The number of aliphatic hydroxyl groups excluding tert-OH is 1. The summed E-state index contributed by atoms with van der Waals surface area (Å²) in [6.07, 6.45) is -2.70. The van der Waals surface area contributed by atoms with Gasteiger partial charge in [-0.1, -0.05) is 32.4 Å². The van der Waals surface area contributed by atoms with E-state index in [2.05, 4.69) is 42.5 Å². The third kappa shape index (κ3) is 19.2. The first-order chi connectivity index (χ1) is 31.0. The number of phenolic OH excluding ortho intramolecular Hbond substituents is 1. The van der Waals surface area contributed by atoms with Gasteiger partial charge in [0.25, 0.3) is 0 Å². The number of aromatic hydroxyl groups is 1. The number of nitrogens with one attached hydrogen (secondary N) is 8. The fraction of sp³-hybridized carbons (Fsp3) is 0.550. The Kier molecular flexibility index (Phi) is 22.4. The SMILES string of the molecule is CC[C@H](C)[C@@H]1NC(=O)[C@H](Cc2ccc(O)cc2)NC(=O)CCC(=O)NC[C@@H](C(=O)N(C)CC(=O)N[C@@H](CO)C(=O)NCC(N)=O)NC(=O)[C@H](CCC(N)=O)NC(=O)[C@H](CCC(N)=O)NC1=O. The molecule has 0 bridgehead atoms. The van der Waals surface area contributed by atoms with E-state index in [-0.39, 0.29) is 12.2 Å². The zero-order valence-corrected chi connectivity index (χ0v) is 36.8. The number of nitrogens with two attached hydrogens (primary N) is 3. The van der Waals surface area contributed by atoms with Crippen LogP contribution in [-0.2, 0) is 64.0 Å². The Hall–Kier alpha value is -7.38. The molecule has 16 N–H and O–H groups in total. The summed E-state index contributed by atoms with van der Waals surface area (Å²) >= 11 is 0. The fourth-order valence-electron chi connectivity index (χ4n) is 6.24. The Balaban J connectivity index is 2.60. The molecule has 1 aromatic rings. The van der Waals surface area contributed by atoms with Gasteiger partial charge in [0, 0.05) is 45.7 Å². The molecular formula is C40H60N12O14. The molecule has 0 aromatic heterocycles. The normalized spacial score (nSPS) is 21.1. The molecule has 12 amide bonds. The Bertz CT molecular complexity index is 1970. The Morgan fingerprint density at radius 1 is 0.758 bits per heavy atom. The second-order valence-corrected chi connectivity index (χ2v) is 15.5. The lowest BCUT2D eigenvalue weighted by atomic mass is 9.96.